The molecule has 0 aromatic carbocycles. The molecule has 3 heterocycles. The zero-order valence-electron chi connectivity index (χ0n) is 11.3. The molecule has 1 saturated heterocycles. The molecule has 2 aromatic rings. The van der Waals surface area contributed by atoms with E-state index in [2.05, 4.69) is 38.6 Å². The smallest absolute Gasteiger partial charge is 0.141 e. The standard InChI is InChI=1S/C14H20N4S/c1-2-7-18(11-4-3-6-15-9-11)13-12-5-8-19-14(12)17-10-16-13/h5,8,10-11,15H,2-4,6-7,9H2,1H3. The van der Waals surface area contributed by atoms with E-state index in [1.807, 2.05) is 0 Å². The number of nitrogens with zero attached hydrogens (tertiary/aromatic N) is 3. The van der Waals surface area contributed by atoms with Crippen molar-refractivity contribution in [1.29, 1.82) is 0 Å². The minimum atomic E-state index is 0.562. The largest absolute Gasteiger partial charge is 0.352 e. The lowest BCUT2D eigenvalue weighted by atomic mass is 10.1. The van der Waals surface area contributed by atoms with Gasteiger partial charge in [0.2, 0.25) is 0 Å². The van der Waals surface area contributed by atoms with E-state index >= 15 is 0 Å². The van der Waals surface area contributed by atoms with Crippen LogP contribution in [0.1, 0.15) is 26.2 Å². The van der Waals surface area contributed by atoms with Gasteiger partial charge in [-0.25, -0.2) is 9.97 Å². The predicted octanol–water partition coefficient (Wildman–Crippen LogP) is 2.66. The van der Waals surface area contributed by atoms with E-state index in [1.54, 1.807) is 17.7 Å². The zero-order chi connectivity index (χ0) is 13.1. The van der Waals surface area contributed by atoms with Gasteiger partial charge in [-0.3, -0.25) is 0 Å². The average Bonchev–Trinajstić information content (AvgIpc) is 2.94. The molecular formula is C14H20N4S. The van der Waals surface area contributed by atoms with Gasteiger partial charge in [-0.15, -0.1) is 11.3 Å². The SMILES string of the molecule is CCCN(c1ncnc2sccc12)C1CCCNC1. The van der Waals surface area contributed by atoms with Crippen LogP contribution in [0.5, 0.6) is 0 Å². The van der Waals surface area contributed by atoms with Gasteiger partial charge in [-0.2, -0.15) is 0 Å². The van der Waals surface area contributed by atoms with Gasteiger partial charge >= 0.3 is 0 Å². The second kappa shape index (κ2) is 5.84. The van der Waals surface area contributed by atoms with Gasteiger partial charge in [0.05, 0.1) is 5.39 Å². The number of fused-ring (bicyclic) bond motifs is 1. The van der Waals surface area contributed by atoms with E-state index in [0.29, 0.717) is 6.04 Å². The van der Waals surface area contributed by atoms with Gasteiger partial charge in [0.15, 0.2) is 0 Å². The summed E-state index contributed by atoms with van der Waals surface area (Å²) in [6.45, 7) is 5.51. The summed E-state index contributed by atoms with van der Waals surface area (Å²) < 4.78 is 0. The first-order chi connectivity index (χ1) is 9.40. The molecule has 0 bridgehead atoms. The first-order valence-corrected chi connectivity index (χ1v) is 7.93. The van der Waals surface area contributed by atoms with Crippen LogP contribution in [0.25, 0.3) is 10.2 Å². The molecular weight excluding hydrogens is 256 g/mol. The molecule has 1 atom stereocenters. The summed E-state index contributed by atoms with van der Waals surface area (Å²) in [6, 6.07) is 2.71. The van der Waals surface area contributed by atoms with E-state index in [9.17, 15) is 0 Å². The third kappa shape index (κ3) is 2.58. The highest BCUT2D eigenvalue weighted by molar-refractivity contribution is 7.16. The van der Waals surface area contributed by atoms with Gasteiger partial charge < -0.3 is 10.2 Å². The third-order valence-electron chi connectivity index (χ3n) is 3.69. The van der Waals surface area contributed by atoms with E-state index in [1.165, 1.54) is 18.2 Å². The van der Waals surface area contributed by atoms with E-state index in [4.69, 9.17) is 0 Å². The Labute approximate surface area is 117 Å². The van der Waals surface area contributed by atoms with Gasteiger partial charge in [-0.05, 0) is 37.3 Å². The lowest BCUT2D eigenvalue weighted by molar-refractivity contribution is 0.429. The van der Waals surface area contributed by atoms with Crippen molar-refractivity contribution in [2.45, 2.75) is 32.2 Å². The molecule has 1 aliphatic heterocycles. The number of piperidine rings is 1. The maximum Gasteiger partial charge on any atom is 0.141 e. The monoisotopic (exact) mass is 276 g/mol. The van der Waals surface area contributed by atoms with Crippen molar-refractivity contribution in [3.05, 3.63) is 17.8 Å². The van der Waals surface area contributed by atoms with Gasteiger partial charge in [0, 0.05) is 19.1 Å². The summed E-state index contributed by atoms with van der Waals surface area (Å²) in [5, 5.41) is 6.81. The number of nitrogens with one attached hydrogen (secondary N) is 1. The Bertz CT molecular complexity index is 533. The Kier molecular flexibility index (Phi) is 3.94. The number of rotatable bonds is 4. The quantitative estimate of drug-likeness (QED) is 0.932. The first-order valence-electron chi connectivity index (χ1n) is 7.05. The Morgan fingerprint density at radius 2 is 2.42 bits per heavy atom. The van der Waals surface area contributed by atoms with Crippen LogP contribution in [-0.2, 0) is 0 Å². The highest BCUT2D eigenvalue weighted by Gasteiger charge is 2.23. The fraction of sp³-hybridized carbons (Fsp3) is 0.571. The van der Waals surface area contributed by atoms with Crippen molar-refractivity contribution >= 4 is 27.4 Å². The van der Waals surface area contributed by atoms with Crippen molar-refractivity contribution in [3.63, 3.8) is 0 Å². The summed E-state index contributed by atoms with van der Waals surface area (Å²) in [5.74, 6) is 1.11. The predicted molar refractivity (Wildman–Crippen MR) is 80.9 cm³/mol. The van der Waals surface area contributed by atoms with E-state index < -0.39 is 0 Å². The summed E-state index contributed by atoms with van der Waals surface area (Å²) in [4.78, 5) is 12.5. The van der Waals surface area contributed by atoms with Crippen molar-refractivity contribution in [2.24, 2.45) is 0 Å². The molecule has 4 nitrogen and oxygen atoms in total. The van der Waals surface area contributed by atoms with Crippen molar-refractivity contribution in [1.82, 2.24) is 15.3 Å². The number of hydrogen-bond acceptors (Lipinski definition) is 5. The molecule has 1 aliphatic rings. The van der Waals surface area contributed by atoms with Crippen LogP contribution in [0.4, 0.5) is 5.82 Å². The molecule has 0 saturated carbocycles. The Balaban J connectivity index is 1.96. The lowest BCUT2D eigenvalue weighted by Gasteiger charge is -2.35. The minimum Gasteiger partial charge on any atom is -0.352 e. The van der Waals surface area contributed by atoms with Gasteiger partial charge in [0.1, 0.15) is 17.0 Å². The summed E-state index contributed by atoms with van der Waals surface area (Å²) in [5.41, 5.74) is 0. The molecule has 1 N–H and O–H groups in total. The maximum atomic E-state index is 4.57. The highest BCUT2D eigenvalue weighted by atomic mass is 32.1. The molecule has 3 rings (SSSR count). The third-order valence-corrected chi connectivity index (χ3v) is 4.51. The maximum absolute atomic E-state index is 4.57. The molecule has 2 aromatic heterocycles. The van der Waals surface area contributed by atoms with Crippen LogP contribution in [0.3, 0.4) is 0 Å². The van der Waals surface area contributed by atoms with Gasteiger partial charge in [-0.1, -0.05) is 6.92 Å². The second-order valence-corrected chi connectivity index (χ2v) is 5.92. The molecule has 0 aliphatic carbocycles. The van der Waals surface area contributed by atoms with Crippen LogP contribution in [0.2, 0.25) is 0 Å². The Hall–Kier alpha value is -1.20. The van der Waals surface area contributed by atoms with Crippen LogP contribution < -0.4 is 10.2 Å². The van der Waals surface area contributed by atoms with E-state index in [0.717, 1.165) is 36.7 Å². The molecule has 1 fully saturated rings. The molecule has 0 amide bonds. The molecule has 0 spiro atoms. The average molecular weight is 276 g/mol. The molecule has 1 unspecified atom stereocenters. The molecule has 5 heteroatoms. The first kappa shape index (κ1) is 12.8. The zero-order valence-corrected chi connectivity index (χ0v) is 12.1. The minimum absolute atomic E-state index is 0.562. The lowest BCUT2D eigenvalue weighted by Crippen LogP contribution is -2.46. The number of aromatic nitrogens is 2. The Morgan fingerprint density at radius 1 is 1.47 bits per heavy atom. The highest BCUT2D eigenvalue weighted by Crippen LogP contribution is 2.29. The van der Waals surface area contributed by atoms with Crippen LogP contribution in [-0.4, -0.2) is 35.6 Å². The number of hydrogen-bond donors (Lipinski definition) is 1. The summed E-state index contributed by atoms with van der Waals surface area (Å²) >= 11 is 1.69. The van der Waals surface area contributed by atoms with Gasteiger partial charge in [0.25, 0.3) is 0 Å². The summed E-state index contributed by atoms with van der Waals surface area (Å²) in [7, 11) is 0. The molecule has 0 radical (unpaired) electrons. The van der Waals surface area contributed by atoms with Crippen molar-refractivity contribution in [2.75, 3.05) is 24.5 Å². The van der Waals surface area contributed by atoms with Crippen molar-refractivity contribution < 1.29 is 0 Å². The number of thiophene rings is 1. The topological polar surface area (TPSA) is 41.1 Å². The summed E-state index contributed by atoms with van der Waals surface area (Å²) in [6.07, 6.45) is 5.35. The second-order valence-electron chi connectivity index (χ2n) is 5.03. The molecule has 19 heavy (non-hydrogen) atoms. The normalized spacial score (nSPS) is 19.7. The van der Waals surface area contributed by atoms with Crippen LogP contribution in [0, 0.1) is 0 Å². The fourth-order valence-corrected chi connectivity index (χ4v) is 3.53. The van der Waals surface area contributed by atoms with Crippen LogP contribution >= 0.6 is 11.3 Å². The van der Waals surface area contributed by atoms with Crippen LogP contribution in [0.15, 0.2) is 17.8 Å². The Morgan fingerprint density at radius 3 is 3.21 bits per heavy atom. The van der Waals surface area contributed by atoms with Crippen molar-refractivity contribution in [3.8, 4) is 0 Å². The molecule has 102 valence electrons. The fourth-order valence-electron chi connectivity index (χ4n) is 2.81. The number of anilines is 1. The van der Waals surface area contributed by atoms with E-state index in [-0.39, 0.29) is 0 Å².